The Morgan fingerprint density at radius 1 is 1.44 bits per heavy atom. The molecule has 1 heterocycles. The number of anilines is 1. The van der Waals surface area contributed by atoms with Crippen molar-refractivity contribution in [2.24, 2.45) is 5.73 Å². The Bertz CT molecular complexity index is 561. The standard InChI is InChI=1S/C13H13BrN2OS/c1-8-5-11(18-12(8)14)13(17)16-10-4-2-3-9(6-10)7-15/h2-6H,7,15H2,1H3,(H,16,17). The third-order valence-corrected chi connectivity index (χ3v) is 4.64. The van der Waals surface area contributed by atoms with Gasteiger partial charge in [0.2, 0.25) is 0 Å². The lowest BCUT2D eigenvalue weighted by Crippen LogP contribution is -2.10. The van der Waals surface area contributed by atoms with Crippen LogP contribution < -0.4 is 11.1 Å². The van der Waals surface area contributed by atoms with Gasteiger partial charge >= 0.3 is 0 Å². The summed E-state index contributed by atoms with van der Waals surface area (Å²) in [5.74, 6) is -0.0945. The maximum atomic E-state index is 12.0. The van der Waals surface area contributed by atoms with Crippen LogP contribution >= 0.6 is 27.3 Å². The second-order valence-electron chi connectivity index (χ2n) is 3.93. The summed E-state index contributed by atoms with van der Waals surface area (Å²) in [6, 6.07) is 9.42. The third-order valence-electron chi connectivity index (χ3n) is 2.50. The van der Waals surface area contributed by atoms with Crippen molar-refractivity contribution in [3.63, 3.8) is 0 Å². The van der Waals surface area contributed by atoms with E-state index in [9.17, 15) is 4.79 Å². The summed E-state index contributed by atoms with van der Waals surface area (Å²) in [5, 5.41) is 2.87. The minimum Gasteiger partial charge on any atom is -0.326 e. The molecule has 0 radical (unpaired) electrons. The lowest BCUT2D eigenvalue weighted by atomic mass is 10.2. The van der Waals surface area contributed by atoms with E-state index in [2.05, 4.69) is 21.2 Å². The molecular weight excluding hydrogens is 312 g/mol. The lowest BCUT2D eigenvalue weighted by Gasteiger charge is -2.05. The van der Waals surface area contributed by atoms with E-state index in [0.717, 1.165) is 20.6 Å². The number of nitrogens with two attached hydrogens (primary N) is 1. The largest absolute Gasteiger partial charge is 0.326 e. The molecule has 1 aromatic heterocycles. The predicted molar refractivity (Wildman–Crippen MR) is 79.0 cm³/mol. The van der Waals surface area contributed by atoms with Crippen molar-refractivity contribution in [3.05, 3.63) is 50.1 Å². The van der Waals surface area contributed by atoms with Crippen LogP contribution in [-0.2, 0) is 6.54 Å². The van der Waals surface area contributed by atoms with Crippen LogP contribution in [0.5, 0.6) is 0 Å². The van der Waals surface area contributed by atoms with Crippen molar-refractivity contribution in [2.75, 3.05) is 5.32 Å². The summed E-state index contributed by atoms with van der Waals surface area (Å²) in [5.41, 5.74) is 8.40. The fraction of sp³-hybridized carbons (Fsp3) is 0.154. The topological polar surface area (TPSA) is 55.1 Å². The number of hydrogen-bond donors (Lipinski definition) is 2. The molecule has 18 heavy (non-hydrogen) atoms. The van der Waals surface area contributed by atoms with Gasteiger partial charge in [-0.3, -0.25) is 4.79 Å². The fourth-order valence-electron chi connectivity index (χ4n) is 1.54. The minimum atomic E-state index is -0.0945. The number of halogens is 1. The quantitative estimate of drug-likeness (QED) is 0.907. The number of rotatable bonds is 3. The van der Waals surface area contributed by atoms with Crippen molar-refractivity contribution in [3.8, 4) is 0 Å². The van der Waals surface area contributed by atoms with Crippen molar-refractivity contribution in [2.45, 2.75) is 13.5 Å². The molecule has 94 valence electrons. The molecule has 0 bridgehead atoms. The maximum Gasteiger partial charge on any atom is 0.265 e. The Morgan fingerprint density at radius 3 is 2.83 bits per heavy atom. The normalized spacial score (nSPS) is 10.4. The first-order valence-electron chi connectivity index (χ1n) is 5.46. The Kier molecular flexibility index (Phi) is 4.16. The van der Waals surface area contributed by atoms with Gasteiger partial charge in [-0.25, -0.2) is 0 Å². The van der Waals surface area contributed by atoms with Crippen molar-refractivity contribution >= 4 is 38.9 Å². The minimum absolute atomic E-state index is 0.0945. The van der Waals surface area contributed by atoms with Gasteiger partial charge in [0.25, 0.3) is 5.91 Å². The molecule has 0 aliphatic rings. The van der Waals surface area contributed by atoms with E-state index in [-0.39, 0.29) is 5.91 Å². The molecule has 3 N–H and O–H groups in total. The molecule has 0 fully saturated rings. The molecule has 0 aliphatic carbocycles. The second-order valence-corrected chi connectivity index (χ2v) is 6.30. The van der Waals surface area contributed by atoms with Crippen LogP contribution in [-0.4, -0.2) is 5.91 Å². The molecule has 0 saturated carbocycles. The second kappa shape index (κ2) is 5.65. The van der Waals surface area contributed by atoms with Crippen LogP contribution in [0, 0.1) is 6.92 Å². The van der Waals surface area contributed by atoms with E-state index in [4.69, 9.17) is 5.73 Å². The Hall–Kier alpha value is -1.17. The smallest absolute Gasteiger partial charge is 0.265 e. The van der Waals surface area contributed by atoms with Crippen LogP contribution in [0.3, 0.4) is 0 Å². The first kappa shape index (κ1) is 13.3. The molecule has 0 spiro atoms. The monoisotopic (exact) mass is 324 g/mol. The first-order chi connectivity index (χ1) is 8.60. The van der Waals surface area contributed by atoms with Gasteiger partial charge in [-0.1, -0.05) is 12.1 Å². The zero-order valence-electron chi connectivity index (χ0n) is 9.87. The van der Waals surface area contributed by atoms with E-state index in [1.54, 1.807) is 0 Å². The van der Waals surface area contributed by atoms with Gasteiger partial charge in [-0.05, 0) is 52.2 Å². The molecular formula is C13H13BrN2OS. The molecule has 0 aliphatic heterocycles. The average Bonchev–Trinajstić information content (AvgIpc) is 2.70. The molecule has 0 saturated heterocycles. The Balaban J connectivity index is 2.15. The zero-order chi connectivity index (χ0) is 13.1. The highest BCUT2D eigenvalue weighted by Gasteiger charge is 2.11. The summed E-state index contributed by atoms with van der Waals surface area (Å²) < 4.78 is 0.989. The molecule has 1 amide bonds. The molecule has 2 aromatic rings. The zero-order valence-corrected chi connectivity index (χ0v) is 12.3. The van der Waals surface area contributed by atoms with Crippen molar-refractivity contribution in [1.82, 2.24) is 0 Å². The number of nitrogens with one attached hydrogen (secondary N) is 1. The van der Waals surface area contributed by atoms with Crippen LogP contribution in [0.2, 0.25) is 0 Å². The Morgan fingerprint density at radius 2 is 2.22 bits per heavy atom. The van der Waals surface area contributed by atoms with Crippen LogP contribution in [0.4, 0.5) is 5.69 Å². The summed E-state index contributed by atoms with van der Waals surface area (Å²) in [7, 11) is 0. The number of benzene rings is 1. The summed E-state index contributed by atoms with van der Waals surface area (Å²) >= 11 is 4.85. The van der Waals surface area contributed by atoms with E-state index >= 15 is 0 Å². The number of thiophene rings is 1. The van der Waals surface area contributed by atoms with Crippen molar-refractivity contribution in [1.29, 1.82) is 0 Å². The molecule has 2 rings (SSSR count). The van der Waals surface area contributed by atoms with Gasteiger partial charge in [-0.15, -0.1) is 11.3 Å². The maximum absolute atomic E-state index is 12.0. The van der Waals surface area contributed by atoms with Gasteiger partial charge in [0.1, 0.15) is 0 Å². The highest BCUT2D eigenvalue weighted by atomic mass is 79.9. The molecule has 5 heteroatoms. The molecule has 0 atom stereocenters. The van der Waals surface area contributed by atoms with Crippen LogP contribution in [0.15, 0.2) is 34.1 Å². The third kappa shape index (κ3) is 2.98. The summed E-state index contributed by atoms with van der Waals surface area (Å²) in [6.07, 6.45) is 0. The van der Waals surface area contributed by atoms with Crippen LogP contribution in [0.1, 0.15) is 20.8 Å². The molecule has 0 unspecified atom stereocenters. The van der Waals surface area contributed by atoms with E-state index in [0.29, 0.717) is 11.4 Å². The van der Waals surface area contributed by atoms with Crippen molar-refractivity contribution < 1.29 is 4.79 Å². The van der Waals surface area contributed by atoms with E-state index in [1.165, 1.54) is 11.3 Å². The average molecular weight is 325 g/mol. The summed E-state index contributed by atoms with van der Waals surface area (Å²) in [4.78, 5) is 12.7. The van der Waals surface area contributed by atoms with Crippen LogP contribution in [0.25, 0.3) is 0 Å². The fourth-order valence-corrected chi connectivity index (χ4v) is 2.97. The van der Waals surface area contributed by atoms with Gasteiger partial charge in [0, 0.05) is 12.2 Å². The predicted octanol–water partition coefficient (Wildman–Crippen LogP) is 3.53. The highest BCUT2D eigenvalue weighted by molar-refractivity contribution is 9.11. The number of amides is 1. The van der Waals surface area contributed by atoms with Gasteiger partial charge < -0.3 is 11.1 Å². The van der Waals surface area contributed by atoms with Gasteiger partial charge in [0.15, 0.2) is 0 Å². The first-order valence-corrected chi connectivity index (χ1v) is 7.07. The summed E-state index contributed by atoms with van der Waals surface area (Å²) in [6.45, 7) is 2.43. The van der Waals surface area contributed by atoms with Gasteiger partial charge in [-0.2, -0.15) is 0 Å². The van der Waals surface area contributed by atoms with E-state index in [1.807, 2.05) is 37.3 Å². The van der Waals surface area contributed by atoms with Gasteiger partial charge in [0.05, 0.1) is 8.66 Å². The number of carbonyl (C=O) groups is 1. The SMILES string of the molecule is Cc1cc(C(=O)Nc2cccc(CN)c2)sc1Br. The molecule has 1 aromatic carbocycles. The molecule has 3 nitrogen and oxygen atoms in total. The highest BCUT2D eigenvalue weighted by Crippen LogP contribution is 2.27. The number of aryl methyl sites for hydroxylation is 1. The number of hydrogen-bond acceptors (Lipinski definition) is 3. The number of carbonyl (C=O) groups excluding carboxylic acids is 1. The Labute approximate surface area is 118 Å². The lowest BCUT2D eigenvalue weighted by molar-refractivity contribution is 0.103. The van der Waals surface area contributed by atoms with E-state index < -0.39 is 0 Å².